The number of benzene rings is 3. The van der Waals surface area contributed by atoms with E-state index in [4.69, 9.17) is 5.73 Å². The molecule has 6 nitrogen and oxygen atoms in total. The van der Waals surface area contributed by atoms with Crippen molar-refractivity contribution in [2.24, 2.45) is 0 Å². The van der Waals surface area contributed by atoms with Crippen molar-refractivity contribution in [3.05, 3.63) is 48.5 Å². The van der Waals surface area contributed by atoms with Crippen LogP contribution in [-0.2, 0) is 10.1 Å². The van der Waals surface area contributed by atoms with Gasteiger partial charge in [-0.1, -0.05) is 30.3 Å². The van der Waals surface area contributed by atoms with Gasteiger partial charge in [0, 0.05) is 10.9 Å². The lowest BCUT2D eigenvalue weighted by atomic mass is 9.99. The van der Waals surface area contributed by atoms with Gasteiger partial charge < -0.3 is 15.9 Å². The zero-order valence-corrected chi connectivity index (χ0v) is 12.6. The van der Waals surface area contributed by atoms with Crippen LogP contribution in [0.15, 0.2) is 53.4 Å². The summed E-state index contributed by atoms with van der Waals surface area (Å²) in [5.41, 5.74) is 6.38. The van der Waals surface area contributed by atoms with E-state index in [0.717, 1.165) is 0 Å². The number of nitrogen functional groups attached to an aromatic ring is 1. The van der Waals surface area contributed by atoms with E-state index in [0.29, 0.717) is 21.9 Å². The van der Waals surface area contributed by atoms with E-state index in [2.05, 4.69) is 0 Å². The third kappa shape index (κ3) is 2.56. The highest BCUT2D eigenvalue weighted by Crippen LogP contribution is 2.39. The van der Waals surface area contributed by atoms with Crippen molar-refractivity contribution in [2.75, 3.05) is 5.73 Å². The van der Waals surface area contributed by atoms with Crippen molar-refractivity contribution in [1.82, 2.24) is 0 Å². The largest absolute Gasteiger partial charge is 0.507 e. The average molecular weight is 331 g/mol. The summed E-state index contributed by atoms with van der Waals surface area (Å²) in [6, 6.07) is 12.7. The third-order valence-electron chi connectivity index (χ3n) is 3.61. The quantitative estimate of drug-likeness (QED) is 0.325. The molecule has 3 rings (SSSR count). The summed E-state index contributed by atoms with van der Waals surface area (Å²) in [6.45, 7) is 0. The maximum atomic E-state index is 11.3. The number of nitrogens with two attached hydrogens (primary N) is 1. The first-order valence-corrected chi connectivity index (χ1v) is 8.04. The van der Waals surface area contributed by atoms with Crippen LogP contribution in [0.1, 0.15) is 0 Å². The smallest absolute Gasteiger partial charge is 0.296 e. The predicted molar refractivity (Wildman–Crippen MR) is 86.9 cm³/mol. The summed E-state index contributed by atoms with van der Waals surface area (Å²) in [7, 11) is -4.54. The van der Waals surface area contributed by atoms with Crippen LogP contribution in [0, 0.1) is 0 Å². The lowest BCUT2D eigenvalue weighted by Crippen LogP contribution is -2.03. The van der Waals surface area contributed by atoms with Crippen molar-refractivity contribution in [2.45, 2.75) is 4.90 Å². The third-order valence-corrected chi connectivity index (χ3v) is 4.50. The molecule has 0 heterocycles. The zero-order valence-electron chi connectivity index (χ0n) is 11.8. The maximum absolute atomic E-state index is 11.3. The summed E-state index contributed by atoms with van der Waals surface area (Å²) >= 11 is 0. The van der Waals surface area contributed by atoms with Gasteiger partial charge in [0.1, 0.15) is 16.4 Å². The van der Waals surface area contributed by atoms with Gasteiger partial charge in [-0.3, -0.25) is 4.55 Å². The Morgan fingerprint density at radius 3 is 2.30 bits per heavy atom. The Labute approximate surface area is 132 Å². The van der Waals surface area contributed by atoms with E-state index in [1.165, 1.54) is 12.1 Å². The average Bonchev–Trinajstić information content (AvgIpc) is 2.50. The second-order valence-electron chi connectivity index (χ2n) is 5.07. The van der Waals surface area contributed by atoms with Crippen LogP contribution in [0.2, 0.25) is 0 Å². The number of hydrogen-bond acceptors (Lipinski definition) is 5. The summed E-state index contributed by atoms with van der Waals surface area (Å²) in [5, 5.41) is 20.8. The van der Waals surface area contributed by atoms with Gasteiger partial charge in [0.15, 0.2) is 0 Å². The van der Waals surface area contributed by atoms with Crippen molar-refractivity contribution >= 4 is 26.6 Å². The first-order chi connectivity index (χ1) is 10.8. The van der Waals surface area contributed by atoms with Crippen LogP contribution < -0.4 is 5.73 Å². The molecule has 0 aliphatic rings. The second kappa shape index (κ2) is 5.15. The molecule has 0 atom stereocenters. The minimum Gasteiger partial charge on any atom is -0.507 e. The van der Waals surface area contributed by atoms with E-state index in [1.54, 1.807) is 36.4 Å². The number of phenolic OH excluding ortho intramolecular Hbond substituents is 2. The number of para-hydroxylation sites is 1. The molecule has 0 aliphatic heterocycles. The van der Waals surface area contributed by atoms with Crippen LogP contribution in [0.25, 0.3) is 21.9 Å². The molecule has 5 N–H and O–H groups in total. The summed E-state index contributed by atoms with van der Waals surface area (Å²) in [6.07, 6.45) is 0. The van der Waals surface area contributed by atoms with Crippen molar-refractivity contribution in [3.8, 4) is 22.6 Å². The molecule has 23 heavy (non-hydrogen) atoms. The minimum atomic E-state index is -4.54. The monoisotopic (exact) mass is 331 g/mol. The Balaban J connectivity index is 2.30. The van der Waals surface area contributed by atoms with Crippen LogP contribution in [0.3, 0.4) is 0 Å². The Morgan fingerprint density at radius 2 is 1.65 bits per heavy atom. The van der Waals surface area contributed by atoms with E-state index in [9.17, 15) is 23.2 Å². The molecule has 0 amide bonds. The Hall–Kier alpha value is -2.77. The predicted octanol–water partition coefficient (Wildman–Crippen LogP) is 2.75. The summed E-state index contributed by atoms with van der Waals surface area (Å²) in [5.74, 6) is -0.360. The van der Waals surface area contributed by atoms with Crippen molar-refractivity contribution < 1.29 is 23.2 Å². The van der Waals surface area contributed by atoms with E-state index < -0.39 is 26.5 Å². The molecule has 0 saturated heterocycles. The number of aromatic hydroxyl groups is 2. The molecule has 0 aliphatic carbocycles. The van der Waals surface area contributed by atoms with Gasteiger partial charge in [-0.25, -0.2) is 0 Å². The highest BCUT2D eigenvalue weighted by molar-refractivity contribution is 7.86. The fourth-order valence-corrected chi connectivity index (χ4v) is 3.12. The number of hydrogen-bond donors (Lipinski definition) is 4. The van der Waals surface area contributed by atoms with Gasteiger partial charge in [-0.15, -0.1) is 0 Å². The van der Waals surface area contributed by atoms with Crippen LogP contribution >= 0.6 is 0 Å². The lowest BCUT2D eigenvalue weighted by molar-refractivity contribution is 0.473. The minimum absolute atomic E-state index is 0.0777. The van der Waals surface area contributed by atoms with E-state index >= 15 is 0 Å². The molecule has 0 spiro atoms. The molecule has 0 radical (unpaired) electrons. The normalized spacial score (nSPS) is 11.7. The molecule has 0 aromatic heterocycles. The summed E-state index contributed by atoms with van der Waals surface area (Å²) in [4.78, 5) is -0.544. The zero-order chi connectivity index (χ0) is 16.8. The SMILES string of the molecule is Nc1c(S(=O)(=O)O)cc2ccc(-c3ccccc3O)cc2c1O. The fraction of sp³-hybridized carbons (Fsp3) is 0. The second-order valence-corrected chi connectivity index (χ2v) is 6.46. The molecule has 0 unspecified atom stereocenters. The molecular formula is C16H13NO5S. The van der Waals surface area contributed by atoms with Gasteiger partial charge in [-0.05, 0) is 29.1 Å². The van der Waals surface area contributed by atoms with Gasteiger partial charge in [0.05, 0.1) is 5.69 Å². The van der Waals surface area contributed by atoms with Crippen molar-refractivity contribution in [1.29, 1.82) is 0 Å². The van der Waals surface area contributed by atoms with Crippen molar-refractivity contribution in [3.63, 3.8) is 0 Å². The molecule has 0 bridgehead atoms. The van der Waals surface area contributed by atoms with Crippen LogP contribution in [0.5, 0.6) is 11.5 Å². The number of phenols is 2. The Kier molecular flexibility index (Phi) is 3.39. The Morgan fingerprint density at radius 1 is 0.957 bits per heavy atom. The fourth-order valence-electron chi connectivity index (χ4n) is 2.47. The van der Waals surface area contributed by atoms with E-state index in [-0.39, 0.29) is 5.75 Å². The highest BCUT2D eigenvalue weighted by Gasteiger charge is 2.19. The molecule has 3 aromatic rings. The van der Waals surface area contributed by atoms with Gasteiger partial charge in [0.25, 0.3) is 10.1 Å². The van der Waals surface area contributed by atoms with Crippen LogP contribution in [0.4, 0.5) is 5.69 Å². The van der Waals surface area contributed by atoms with Gasteiger partial charge in [0.2, 0.25) is 0 Å². The number of fused-ring (bicyclic) bond motifs is 1. The molecule has 0 fully saturated rings. The van der Waals surface area contributed by atoms with Gasteiger partial charge >= 0.3 is 0 Å². The highest BCUT2D eigenvalue weighted by atomic mass is 32.2. The van der Waals surface area contributed by atoms with E-state index in [1.807, 2.05) is 0 Å². The standard InChI is InChI=1S/C16H13NO5S/c17-15-14(23(20,21)22)8-10-6-5-9(7-12(10)16(15)19)11-3-1-2-4-13(11)18/h1-8,18-19H,17H2,(H,20,21,22). The molecular weight excluding hydrogens is 318 g/mol. The number of rotatable bonds is 2. The first-order valence-electron chi connectivity index (χ1n) is 6.60. The first kappa shape index (κ1) is 15.1. The Bertz CT molecular complexity index is 1030. The lowest BCUT2D eigenvalue weighted by Gasteiger charge is -2.11. The molecule has 7 heteroatoms. The number of anilines is 1. The van der Waals surface area contributed by atoms with Crippen LogP contribution in [-0.4, -0.2) is 23.2 Å². The maximum Gasteiger partial charge on any atom is 0.296 e. The molecule has 3 aromatic carbocycles. The molecule has 118 valence electrons. The summed E-state index contributed by atoms with van der Waals surface area (Å²) < 4.78 is 31.8. The molecule has 0 saturated carbocycles. The van der Waals surface area contributed by atoms with Gasteiger partial charge in [-0.2, -0.15) is 8.42 Å². The topological polar surface area (TPSA) is 121 Å².